The molecule has 0 unspecified atom stereocenters. The van der Waals surface area contributed by atoms with Crippen molar-refractivity contribution < 1.29 is 4.79 Å². The maximum atomic E-state index is 11.6. The summed E-state index contributed by atoms with van der Waals surface area (Å²) in [5, 5.41) is 0. The van der Waals surface area contributed by atoms with Gasteiger partial charge in [0.1, 0.15) is 0 Å². The molecule has 15 heavy (non-hydrogen) atoms. The molecule has 0 aliphatic heterocycles. The van der Waals surface area contributed by atoms with Crippen molar-refractivity contribution in [3.8, 4) is 0 Å². The number of carbonyl (C=O) groups is 1. The molecule has 0 aliphatic rings. The van der Waals surface area contributed by atoms with Crippen LogP contribution in [0.2, 0.25) is 0 Å². The quantitative estimate of drug-likeness (QED) is 0.535. The Kier molecular flexibility index (Phi) is 3.81. The van der Waals surface area contributed by atoms with Crippen LogP contribution < -0.4 is 0 Å². The van der Waals surface area contributed by atoms with Gasteiger partial charge in [-0.2, -0.15) is 0 Å². The van der Waals surface area contributed by atoms with E-state index in [4.69, 9.17) is 0 Å². The maximum absolute atomic E-state index is 11.6. The van der Waals surface area contributed by atoms with E-state index < -0.39 is 0 Å². The molecule has 0 saturated carbocycles. The molecule has 0 aromatic heterocycles. The van der Waals surface area contributed by atoms with E-state index in [1.807, 2.05) is 31.2 Å². The highest BCUT2D eigenvalue weighted by atomic mass is 16.1. The van der Waals surface area contributed by atoms with Crippen LogP contribution in [0.4, 0.5) is 0 Å². The molecule has 0 amide bonds. The third-order valence-corrected chi connectivity index (χ3v) is 2.17. The molecule has 0 saturated heterocycles. The first-order valence-corrected chi connectivity index (χ1v) is 4.76. The predicted octanol–water partition coefficient (Wildman–Crippen LogP) is 3.32. The van der Waals surface area contributed by atoms with Crippen molar-refractivity contribution in [2.24, 2.45) is 0 Å². The summed E-state index contributed by atoms with van der Waals surface area (Å²) in [4.78, 5) is 11.6. The van der Waals surface area contributed by atoms with Crippen molar-refractivity contribution in [2.45, 2.75) is 6.92 Å². The van der Waals surface area contributed by atoms with E-state index in [9.17, 15) is 4.79 Å². The minimum Gasteiger partial charge on any atom is -0.289 e. The van der Waals surface area contributed by atoms with Gasteiger partial charge in [-0.15, -0.1) is 0 Å². The lowest BCUT2D eigenvalue weighted by molar-refractivity contribution is -0.109. The van der Waals surface area contributed by atoms with E-state index in [-0.39, 0.29) is 5.78 Å². The Morgan fingerprint density at radius 2 is 1.93 bits per heavy atom. The zero-order valence-electron chi connectivity index (χ0n) is 8.86. The van der Waals surface area contributed by atoms with Gasteiger partial charge in [0, 0.05) is 5.57 Å². The molecule has 76 valence electrons. The summed E-state index contributed by atoms with van der Waals surface area (Å²) < 4.78 is 0. The first-order valence-electron chi connectivity index (χ1n) is 4.76. The first-order chi connectivity index (χ1) is 7.20. The second-order valence-electron chi connectivity index (χ2n) is 3.20. The van der Waals surface area contributed by atoms with Gasteiger partial charge in [0.25, 0.3) is 0 Å². The lowest BCUT2D eigenvalue weighted by atomic mass is 9.97. The molecule has 0 spiro atoms. The first kappa shape index (κ1) is 11.2. The number of hydrogen-bond acceptors (Lipinski definition) is 1. The topological polar surface area (TPSA) is 17.1 Å². The second kappa shape index (κ2) is 5.11. The average Bonchev–Trinajstić information content (AvgIpc) is 2.26. The number of carbonyl (C=O) groups excluding carboxylic acids is 1. The lowest BCUT2D eigenvalue weighted by Crippen LogP contribution is -1.99. The van der Waals surface area contributed by atoms with Gasteiger partial charge in [-0.1, -0.05) is 49.6 Å². The molecule has 0 radical (unpaired) electrons. The zero-order chi connectivity index (χ0) is 11.3. The van der Waals surface area contributed by atoms with Gasteiger partial charge in [0.2, 0.25) is 0 Å². The van der Waals surface area contributed by atoms with Gasteiger partial charge < -0.3 is 0 Å². The van der Waals surface area contributed by atoms with Crippen LogP contribution in [-0.2, 0) is 4.79 Å². The fourth-order valence-electron chi connectivity index (χ4n) is 1.41. The summed E-state index contributed by atoms with van der Waals surface area (Å²) in [7, 11) is 0. The smallest absolute Gasteiger partial charge is 0.185 e. The number of allylic oxidation sites excluding steroid dienone is 4. The third kappa shape index (κ3) is 2.53. The van der Waals surface area contributed by atoms with Crippen molar-refractivity contribution in [3.63, 3.8) is 0 Å². The molecule has 0 aliphatic carbocycles. The van der Waals surface area contributed by atoms with Gasteiger partial charge in [-0.05, 0) is 24.1 Å². The van der Waals surface area contributed by atoms with E-state index in [1.165, 1.54) is 6.08 Å². The van der Waals surface area contributed by atoms with E-state index in [1.54, 1.807) is 12.2 Å². The Balaban J connectivity index is 3.28. The molecule has 1 rings (SSSR count). The molecule has 0 heterocycles. The maximum Gasteiger partial charge on any atom is 0.185 e. The highest BCUT2D eigenvalue weighted by Gasteiger charge is 2.09. The van der Waals surface area contributed by atoms with Crippen molar-refractivity contribution in [3.05, 3.63) is 66.8 Å². The molecule has 1 nitrogen and oxygen atoms in total. The van der Waals surface area contributed by atoms with Crippen LogP contribution in [0.15, 0.2) is 55.7 Å². The van der Waals surface area contributed by atoms with E-state index >= 15 is 0 Å². The molecule has 1 heteroatoms. The third-order valence-electron chi connectivity index (χ3n) is 2.17. The molecule has 0 fully saturated rings. The summed E-state index contributed by atoms with van der Waals surface area (Å²) >= 11 is 0. The molecular formula is C14H14O. The fourth-order valence-corrected chi connectivity index (χ4v) is 1.41. The average molecular weight is 198 g/mol. The normalized spacial score (nSPS) is 10.9. The van der Waals surface area contributed by atoms with Crippen LogP contribution in [0.25, 0.3) is 5.57 Å². The molecule has 0 N–H and O–H groups in total. The Morgan fingerprint density at radius 3 is 2.47 bits per heavy atom. The van der Waals surface area contributed by atoms with Crippen LogP contribution in [0.5, 0.6) is 0 Å². The predicted molar refractivity (Wildman–Crippen MR) is 64.6 cm³/mol. The molecule has 1 aromatic carbocycles. The van der Waals surface area contributed by atoms with Crippen LogP contribution in [-0.4, -0.2) is 5.78 Å². The molecule has 0 bridgehead atoms. The van der Waals surface area contributed by atoms with Gasteiger partial charge in [-0.25, -0.2) is 0 Å². The number of rotatable bonds is 4. The van der Waals surface area contributed by atoms with E-state index in [0.717, 1.165) is 11.1 Å². The second-order valence-corrected chi connectivity index (χ2v) is 3.20. The zero-order valence-corrected chi connectivity index (χ0v) is 8.86. The molecule has 0 atom stereocenters. The van der Waals surface area contributed by atoms with Crippen LogP contribution in [0.1, 0.15) is 11.1 Å². The standard InChI is InChI=1S/C14H14O/c1-4-8-13(14(15)5-2)12-10-7-6-9-11(12)3/h4-10H,1-2H2,3H3. The van der Waals surface area contributed by atoms with Crippen molar-refractivity contribution in [2.75, 3.05) is 0 Å². The Bertz CT molecular complexity index is 425. The highest BCUT2D eigenvalue weighted by molar-refractivity contribution is 6.26. The summed E-state index contributed by atoms with van der Waals surface area (Å²) in [6.07, 6.45) is 4.65. The number of hydrogen-bond donors (Lipinski definition) is 0. The van der Waals surface area contributed by atoms with Crippen molar-refractivity contribution >= 4 is 11.4 Å². The number of aryl methyl sites for hydroxylation is 1. The van der Waals surface area contributed by atoms with Gasteiger partial charge in [0.05, 0.1) is 0 Å². The Hall–Kier alpha value is -1.89. The monoisotopic (exact) mass is 198 g/mol. The minimum absolute atomic E-state index is 0.0794. The summed E-state index contributed by atoms with van der Waals surface area (Å²) in [6.45, 7) is 9.08. The lowest BCUT2D eigenvalue weighted by Gasteiger charge is -2.06. The Labute approximate surface area is 90.4 Å². The van der Waals surface area contributed by atoms with Crippen LogP contribution >= 0.6 is 0 Å². The SMILES string of the molecule is C=CC=C(C(=O)C=C)c1ccccc1C. The summed E-state index contributed by atoms with van der Waals surface area (Å²) in [5.41, 5.74) is 2.64. The largest absolute Gasteiger partial charge is 0.289 e. The van der Waals surface area contributed by atoms with Crippen molar-refractivity contribution in [1.29, 1.82) is 0 Å². The van der Waals surface area contributed by atoms with Crippen LogP contribution in [0.3, 0.4) is 0 Å². The molecule has 1 aromatic rings. The number of benzene rings is 1. The fraction of sp³-hybridized carbons (Fsp3) is 0.0714. The van der Waals surface area contributed by atoms with E-state index in [2.05, 4.69) is 13.2 Å². The summed E-state index contributed by atoms with van der Waals surface area (Å²) in [6, 6.07) is 7.76. The summed E-state index contributed by atoms with van der Waals surface area (Å²) in [5.74, 6) is -0.0794. The Morgan fingerprint density at radius 1 is 1.27 bits per heavy atom. The van der Waals surface area contributed by atoms with Crippen molar-refractivity contribution in [1.82, 2.24) is 0 Å². The van der Waals surface area contributed by atoms with E-state index in [0.29, 0.717) is 5.57 Å². The van der Waals surface area contributed by atoms with Crippen LogP contribution in [0, 0.1) is 6.92 Å². The van der Waals surface area contributed by atoms with Gasteiger partial charge in [0.15, 0.2) is 5.78 Å². The van der Waals surface area contributed by atoms with Gasteiger partial charge in [-0.3, -0.25) is 4.79 Å². The number of ketones is 1. The minimum atomic E-state index is -0.0794. The highest BCUT2D eigenvalue weighted by Crippen LogP contribution is 2.19. The van der Waals surface area contributed by atoms with Gasteiger partial charge >= 0.3 is 0 Å². The molecular weight excluding hydrogens is 184 g/mol.